The van der Waals surface area contributed by atoms with Crippen LogP contribution in [-0.4, -0.2) is 17.0 Å². The lowest BCUT2D eigenvalue weighted by Gasteiger charge is -2.04. The van der Waals surface area contributed by atoms with E-state index in [1.165, 1.54) is 18.2 Å². The second-order valence-corrected chi connectivity index (χ2v) is 3.94. The lowest BCUT2D eigenvalue weighted by molar-refractivity contribution is 0.0660. The number of benzene rings is 1. The molecular weight excluding hydrogens is 253 g/mol. The predicted octanol–water partition coefficient (Wildman–Crippen LogP) is 2.68. The van der Waals surface area contributed by atoms with E-state index < -0.39 is 17.7 Å². The number of amides is 1. The van der Waals surface area contributed by atoms with E-state index in [1.807, 2.05) is 0 Å². The van der Waals surface area contributed by atoms with E-state index in [2.05, 4.69) is 5.32 Å². The molecule has 0 aliphatic heterocycles. The van der Waals surface area contributed by atoms with Gasteiger partial charge < -0.3 is 14.8 Å². The number of carboxylic acids is 1. The number of hydrogen-bond acceptors (Lipinski definition) is 3. The smallest absolute Gasteiger partial charge is 0.371 e. The molecule has 0 aliphatic carbocycles. The molecule has 0 radical (unpaired) electrons. The van der Waals surface area contributed by atoms with Crippen LogP contribution in [0.3, 0.4) is 0 Å². The van der Waals surface area contributed by atoms with Crippen LogP contribution in [0.25, 0.3) is 0 Å². The third-order valence-corrected chi connectivity index (χ3v) is 2.34. The number of hydrogen-bond donors (Lipinski definition) is 2. The molecule has 0 spiro atoms. The topological polar surface area (TPSA) is 79.5 Å². The third-order valence-electron chi connectivity index (χ3n) is 2.34. The van der Waals surface area contributed by atoms with E-state index in [4.69, 9.17) is 9.52 Å². The molecule has 19 heavy (non-hydrogen) atoms. The van der Waals surface area contributed by atoms with Crippen molar-refractivity contribution in [3.05, 3.63) is 53.2 Å². The maximum absolute atomic E-state index is 13.1. The van der Waals surface area contributed by atoms with E-state index in [0.29, 0.717) is 5.56 Å². The van der Waals surface area contributed by atoms with Gasteiger partial charge in [-0.2, -0.15) is 0 Å². The van der Waals surface area contributed by atoms with E-state index >= 15 is 0 Å². The van der Waals surface area contributed by atoms with Crippen molar-refractivity contribution in [1.29, 1.82) is 0 Å². The number of carbonyl (C=O) groups excluding carboxylic acids is 1. The quantitative estimate of drug-likeness (QED) is 0.892. The predicted molar refractivity (Wildman–Crippen MR) is 64.8 cm³/mol. The van der Waals surface area contributed by atoms with Gasteiger partial charge in [-0.05, 0) is 42.8 Å². The molecule has 1 aromatic heterocycles. The third kappa shape index (κ3) is 2.98. The molecule has 2 rings (SSSR count). The molecule has 0 unspecified atom stereocenters. The molecule has 1 heterocycles. The fraction of sp³-hybridized carbons (Fsp3) is 0.0769. The molecule has 0 fully saturated rings. The Morgan fingerprint density at radius 3 is 2.47 bits per heavy atom. The largest absolute Gasteiger partial charge is 0.475 e. The zero-order chi connectivity index (χ0) is 14.0. The molecule has 2 N–H and O–H groups in total. The number of anilines is 1. The van der Waals surface area contributed by atoms with Crippen LogP contribution >= 0.6 is 0 Å². The molecule has 6 heteroatoms. The molecule has 0 bridgehead atoms. The molecule has 1 amide bonds. The van der Waals surface area contributed by atoms with Crippen LogP contribution < -0.4 is 5.32 Å². The van der Waals surface area contributed by atoms with Crippen LogP contribution in [0, 0.1) is 12.7 Å². The van der Waals surface area contributed by atoms with E-state index in [9.17, 15) is 14.0 Å². The summed E-state index contributed by atoms with van der Waals surface area (Å²) >= 11 is 0. The van der Waals surface area contributed by atoms with Gasteiger partial charge >= 0.3 is 5.97 Å². The van der Waals surface area contributed by atoms with Crippen molar-refractivity contribution >= 4 is 17.6 Å². The van der Waals surface area contributed by atoms with Crippen molar-refractivity contribution in [2.24, 2.45) is 0 Å². The summed E-state index contributed by atoms with van der Waals surface area (Å²) in [5.41, 5.74) is 0.928. The first-order valence-corrected chi connectivity index (χ1v) is 5.37. The van der Waals surface area contributed by atoms with Crippen LogP contribution in [0.15, 0.2) is 34.7 Å². The Balaban J connectivity index is 2.18. The highest BCUT2D eigenvalue weighted by molar-refractivity contribution is 6.02. The summed E-state index contributed by atoms with van der Waals surface area (Å²) in [7, 11) is 0. The van der Waals surface area contributed by atoms with Crippen molar-refractivity contribution < 1.29 is 23.5 Å². The highest BCUT2D eigenvalue weighted by atomic mass is 19.1. The molecule has 0 saturated heterocycles. The van der Waals surface area contributed by atoms with Crippen LogP contribution in [-0.2, 0) is 0 Å². The van der Waals surface area contributed by atoms with E-state index in [0.717, 1.165) is 6.07 Å². The fourth-order valence-corrected chi connectivity index (χ4v) is 1.58. The number of nitrogens with one attached hydrogen (secondary N) is 1. The van der Waals surface area contributed by atoms with Gasteiger partial charge in [0.15, 0.2) is 5.76 Å². The Kier molecular flexibility index (Phi) is 3.33. The van der Waals surface area contributed by atoms with Crippen LogP contribution in [0.5, 0.6) is 0 Å². The first kappa shape index (κ1) is 12.8. The number of halogens is 1. The minimum Gasteiger partial charge on any atom is -0.475 e. The Labute approximate surface area is 107 Å². The zero-order valence-electron chi connectivity index (χ0n) is 9.94. The van der Waals surface area contributed by atoms with Gasteiger partial charge in [0.05, 0.1) is 0 Å². The minimum atomic E-state index is -1.26. The molecule has 0 saturated carbocycles. The Hall–Kier alpha value is -2.63. The number of aromatic carboxylic acids is 1. The van der Waals surface area contributed by atoms with E-state index in [-0.39, 0.29) is 17.2 Å². The summed E-state index contributed by atoms with van der Waals surface area (Å²) in [5, 5.41) is 11.1. The molecular formula is C13H10FNO4. The number of furan rings is 1. The molecule has 2 aromatic rings. The fourth-order valence-electron chi connectivity index (χ4n) is 1.58. The molecule has 0 aliphatic rings. The van der Waals surface area contributed by atoms with Gasteiger partial charge in [0.25, 0.3) is 5.91 Å². The van der Waals surface area contributed by atoms with Crippen LogP contribution in [0.2, 0.25) is 0 Å². The monoisotopic (exact) mass is 263 g/mol. The van der Waals surface area contributed by atoms with Crippen LogP contribution in [0.4, 0.5) is 10.1 Å². The Bertz CT molecular complexity index is 628. The average molecular weight is 263 g/mol. The molecule has 5 nitrogen and oxygen atoms in total. The van der Waals surface area contributed by atoms with E-state index in [1.54, 1.807) is 13.0 Å². The van der Waals surface area contributed by atoms with Crippen molar-refractivity contribution in [3.63, 3.8) is 0 Å². The van der Waals surface area contributed by atoms with Gasteiger partial charge in [-0.3, -0.25) is 4.79 Å². The molecule has 98 valence electrons. The first-order chi connectivity index (χ1) is 8.95. The highest BCUT2D eigenvalue weighted by Gasteiger charge is 2.15. The maximum atomic E-state index is 13.1. The van der Waals surface area contributed by atoms with Gasteiger partial charge in [-0.25, -0.2) is 9.18 Å². The second-order valence-electron chi connectivity index (χ2n) is 3.94. The Morgan fingerprint density at radius 2 is 1.89 bits per heavy atom. The average Bonchev–Trinajstić information content (AvgIpc) is 2.76. The number of aryl methyl sites for hydroxylation is 1. The van der Waals surface area contributed by atoms with Crippen molar-refractivity contribution in [3.8, 4) is 0 Å². The first-order valence-electron chi connectivity index (χ1n) is 5.37. The maximum Gasteiger partial charge on any atom is 0.371 e. The second kappa shape index (κ2) is 4.93. The minimum absolute atomic E-state index is 0.153. The standard InChI is InChI=1S/C13H10FNO4/c1-7-4-8(14)6-9(5-7)15-12(16)10-2-3-11(19-10)13(17)18/h2-6H,1H3,(H,15,16)(H,17,18). The lowest BCUT2D eigenvalue weighted by atomic mass is 10.2. The zero-order valence-corrected chi connectivity index (χ0v) is 9.94. The van der Waals surface area contributed by atoms with Crippen LogP contribution in [0.1, 0.15) is 26.7 Å². The number of rotatable bonds is 3. The summed E-state index contributed by atoms with van der Waals surface area (Å²) in [6.45, 7) is 1.69. The highest BCUT2D eigenvalue weighted by Crippen LogP contribution is 2.15. The van der Waals surface area contributed by atoms with Gasteiger partial charge in [0.1, 0.15) is 5.82 Å². The van der Waals surface area contributed by atoms with Gasteiger partial charge in [0, 0.05) is 5.69 Å². The van der Waals surface area contributed by atoms with Crippen molar-refractivity contribution in [2.75, 3.05) is 5.32 Å². The van der Waals surface area contributed by atoms with Gasteiger partial charge in [0.2, 0.25) is 5.76 Å². The van der Waals surface area contributed by atoms with Gasteiger partial charge in [-0.1, -0.05) is 0 Å². The molecule has 0 atom stereocenters. The van der Waals surface area contributed by atoms with Crippen molar-refractivity contribution in [1.82, 2.24) is 0 Å². The number of carboxylic acid groups (broad SMARTS) is 1. The summed E-state index contributed by atoms with van der Waals surface area (Å²) in [6.07, 6.45) is 0. The summed E-state index contributed by atoms with van der Waals surface area (Å²) in [4.78, 5) is 22.4. The summed E-state index contributed by atoms with van der Waals surface area (Å²) < 4.78 is 18.0. The number of carbonyl (C=O) groups is 2. The van der Waals surface area contributed by atoms with Gasteiger partial charge in [-0.15, -0.1) is 0 Å². The SMILES string of the molecule is Cc1cc(F)cc(NC(=O)c2ccc(C(=O)O)o2)c1. The summed E-state index contributed by atoms with van der Waals surface area (Å²) in [6, 6.07) is 6.48. The normalized spacial score (nSPS) is 10.2. The Morgan fingerprint density at radius 1 is 1.21 bits per heavy atom. The van der Waals surface area contributed by atoms with Crippen molar-refractivity contribution in [2.45, 2.75) is 6.92 Å². The summed E-state index contributed by atoms with van der Waals surface area (Å²) in [5.74, 6) is -2.86. The lowest BCUT2D eigenvalue weighted by Crippen LogP contribution is -2.11. The molecule has 1 aromatic carbocycles.